The van der Waals surface area contributed by atoms with Gasteiger partial charge in [0.2, 0.25) is 5.91 Å². The van der Waals surface area contributed by atoms with Gasteiger partial charge in [0.25, 0.3) is 0 Å². The van der Waals surface area contributed by atoms with Crippen LogP contribution in [0.15, 0.2) is 42.5 Å². The van der Waals surface area contributed by atoms with Crippen molar-refractivity contribution in [3.8, 4) is 0 Å². The number of amides is 1. The van der Waals surface area contributed by atoms with E-state index in [4.69, 9.17) is 23.2 Å². The Bertz CT molecular complexity index is 834. The molecule has 0 aliphatic carbocycles. The summed E-state index contributed by atoms with van der Waals surface area (Å²) in [6, 6.07) is 14.0. The second kappa shape index (κ2) is 8.09. The molecule has 2 heterocycles. The van der Waals surface area contributed by atoms with E-state index in [9.17, 15) is 4.79 Å². The number of benzene rings is 2. The molecule has 1 saturated heterocycles. The Morgan fingerprint density at radius 2 is 1.63 bits per heavy atom. The first kappa shape index (κ1) is 18.6. The fraction of sp³-hybridized carbons (Fsp3) is 0.381. The van der Waals surface area contributed by atoms with E-state index in [1.165, 1.54) is 5.56 Å². The molecule has 2 aromatic carbocycles. The average molecular weight is 404 g/mol. The molecule has 0 bridgehead atoms. The minimum atomic E-state index is 0.222. The van der Waals surface area contributed by atoms with E-state index >= 15 is 0 Å². The van der Waals surface area contributed by atoms with Crippen LogP contribution >= 0.6 is 23.2 Å². The van der Waals surface area contributed by atoms with Crippen LogP contribution in [0.1, 0.15) is 12.0 Å². The van der Waals surface area contributed by atoms with Gasteiger partial charge in [-0.15, -0.1) is 0 Å². The number of rotatable bonds is 4. The highest BCUT2D eigenvalue weighted by Crippen LogP contribution is 2.33. The standard InChI is InChI=1S/C21H23Cl2N3O/c22-17-5-3-7-19(21(17)23)25-14-12-24(13-15-25)10-9-20(27)26-11-8-16-4-1-2-6-18(16)26/h1-7H,8-15H2. The van der Waals surface area contributed by atoms with Crippen molar-refractivity contribution in [2.45, 2.75) is 12.8 Å². The molecule has 0 saturated carbocycles. The molecule has 0 unspecified atom stereocenters. The van der Waals surface area contributed by atoms with Crippen LogP contribution in [0, 0.1) is 0 Å². The Labute approximate surface area is 170 Å². The fourth-order valence-electron chi connectivity index (χ4n) is 3.94. The fourth-order valence-corrected chi connectivity index (χ4v) is 4.35. The maximum Gasteiger partial charge on any atom is 0.228 e. The van der Waals surface area contributed by atoms with Gasteiger partial charge in [0.1, 0.15) is 0 Å². The van der Waals surface area contributed by atoms with Crippen LogP contribution in [-0.2, 0) is 11.2 Å². The number of hydrogen-bond donors (Lipinski definition) is 0. The largest absolute Gasteiger partial charge is 0.368 e. The van der Waals surface area contributed by atoms with Crippen LogP contribution in [0.2, 0.25) is 10.0 Å². The highest BCUT2D eigenvalue weighted by atomic mass is 35.5. The Kier molecular flexibility index (Phi) is 5.58. The van der Waals surface area contributed by atoms with Crippen LogP contribution in [0.5, 0.6) is 0 Å². The van der Waals surface area contributed by atoms with Gasteiger partial charge < -0.3 is 9.80 Å². The number of carbonyl (C=O) groups is 1. The monoisotopic (exact) mass is 403 g/mol. The third-order valence-corrected chi connectivity index (χ3v) is 6.28. The van der Waals surface area contributed by atoms with Gasteiger partial charge in [-0.1, -0.05) is 47.5 Å². The SMILES string of the molecule is O=C(CCN1CCN(c2cccc(Cl)c2Cl)CC1)N1CCc2ccccc21. The minimum Gasteiger partial charge on any atom is -0.368 e. The van der Waals surface area contributed by atoms with E-state index in [1.54, 1.807) is 0 Å². The first-order valence-corrected chi connectivity index (χ1v) is 10.2. The molecular formula is C21H23Cl2N3O. The third-order valence-electron chi connectivity index (χ3n) is 5.47. The van der Waals surface area contributed by atoms with Crippen molar-refractivity contribution in [2.75, 3.05) is 49.1 Å². The molecular weight excluding hydrogens is 381 g/mol. The van der Waals surface area contributed by atoms with E-state index in [1.807, 2.05) is 41.3 Å². The molecule has 0 radical (unpaired) electrons. The van der Waals surface area contributed by atoms with Gasteiger partial charge in [-0.2, -0.15) is 0 Å². The predicted molar refractivity (Wildman–Crippen MR) is 112 cm³/mol. The Morgan fingerprint density at radius 1 is 0.889 bits per heavy atom. The molecule has 1 fully saturated rings. The van der Waals surface area contributed by atoms with Crippen molar-refractivity contribution < 1.29 is 4.79 Å². The lowest BCUT2D eigenvalue weighted by Gasteiger charge is -2.36. The van der Waals surface area contributed by atoms with Crippen LogP contribution in [0.25, 0.3) is 0 Å². The summed E-state index contributed by atoms with van der Waals surface area (Å²) in [6.07, 6.45) is 1.52. The van der Waals surface area contributed by atoms with Gasteiger partial charge in [-0.05, 0) is 30.2 Å². The predicted octanol–water partition coefficient (Wildman–Crippen LogP) is 4.09. The Balaban J connectivity index is 1.29. The number of fused-ring (bicyclic) bond motifs is 1. The summed E-state index contributed by atoms with van der Waals surface area (Å²) in [6.45, 7) is 5.23. The summed E-state index contributed by atoms with van der Waals surface area (Å²) in [5.74, 6) is 0.222. The Hall–Kier alpha value is -1.75. The highest BCUT2D eigenvalue weighted by molar-refractivity contribution is 6.43. The molecule has 27 heavy (non-hydrogen) atoms. The average Bonchev–Trinajstić information content (AvgIpc) is 3.13. The Morgan fingerprint density at radius 3 is 2.44 bits per heavy atom. The number of hydrogen-bond acceptors (Lipinski definition) is 3. The minimum absolute atomic E-state index is 0.222. The number of carbonyl (C=O) groups excluding carboxylic acids is 1. The van der Waals surface area contributed by atoms with Gasteiger partial charge in [0.15, 0.2) is 0 Å². The van der Waals surface area contributed by atoms with Crippen LogP contribution in [0.4, 0.5) is 11.4 Å². The number of para-hydroxylation sites is 1. The zero-order chi connectivity index (χ0) is 18.8. The second-order valence-electron chi connectivity index (χ2n) is 7.08. The van der Waals surface area contributed by atoms with Gasteiger partial charge in [-0.3, -0.25) is 9.69 Å². The van der Waals surface area contributed by atoms with Gasteiger partial charge in [-0.25, -0.2) is 0 Å². The summed E-state index contributed by atoms with van der Waals surface area (Å²) in [7, 11) is 0. The van der Waals surface area contributed by atoms with E-state index < -0.39 is 0 Å². The zero-order valence-corrected chi connectivity index (χ0v) is 16.7. The van der Waals surface area contributed by atoms with Gasteiger partial charge in [0, 0.05) is 51.4 Å². The molecule has 2 aliphatic heterocycles. The molecule has 142 valence electrons. The molecule has 0 spiro atoms. The van der Waals surface area contributed by atoms with E-state index in [2.05, 4.69) is 15.9 Å². The van der Waals surface area contributed by atoms with Crippen LogP contribution in [-0.4, -0.2) is 50.1 Å². The molecule has 0 N–H and O–H groups in total. The normalized spacial score (nSPS) is 17.3. The van der Waals surface area contributed by atoms with E-state index in [-0.39, 0.29) is 5.91 Å². The number of anilines is 2. The molecule has 4 rings (SSSR count). The summed E-state index contributed by atoms with van der Waals surface area (Å²) in [4.78, 5) is 19.2. The summed E-state index contributed by atoms with van der Waals surface area (Å²) < 4.78 is 0. The van der Waals surface area contributed by atoms with E-state index in [0.717, 1.165) is 57.1 Å². The quantitative estimate of drug-likeness (QED) is 0.768. The highest BCUT2D eigenvalue weighted by Gasteiger charge is 2.25. The number of halogens is 2. The van der Waals surface area contributed by atoms with Crippen molar-refractivity contribution in [3.63, 3.8) is 0 Å². The maximum absolute atomic E-state index is 12.7. The van der Waals surface area contributed by atoms with Crippen molar-refractivity contribution in [1.29, 1.82) is 0 Å². The first-order chi connectivity index (χ1) is 13.1. The number of piperazine rings is 1. The molecule has 6 heteroatoms. The number of nitrogens with zero attached hydrogens (tertiary/aromatic N) is 3. The topological polar surface area (TPSA) is 26.8 Å². The third kappa shape index (κ3) is 3.93. The lowest BCUT2D eigenvalue weighted by atomic mass is 10.2. The smallest absolute Gasteiger partial charge is 0.228 e. The lowest BCUT2D eigenvalue weighted by molar-refractivity contribution is -0.118. The zero-order valence-electron chi connectivity index (χ0n) is 15.2. The van der Waals surface area contributed by atoms with Gasteiger partial charge in [0.05, 0.1) is 15.7 Å². The maximum atomic E-state index is 12.7. The summed E-state index contributed by atoms with van der Waals surface area (Å²) in [5.41, 5.74) is 3.36. The van der Waals surface area contributed by atoms with Crippen molar-refractivity contribution in [1.82, 2.24) is 4.90 Å². The summed E-state index contributed by atoms with van der Waals surface area (Å²) in [5, 5.41) is 1.21. The summed E-state index contributed by atoms with van der Waals surface area (Å²) >= 11 is 12.5. The lowest BCUT2D eigenvalue weighted by Crippen LogP contribution is -2.47. The molecule has 2 aliphatic rings. The molecule has 1 amide bonds. The van der Waals surface area contributed by atoms with Crippen molar-refractivity contribution >= 4 is 40.5 Å². The molecule has 4 nitrogen and oxygen atoms in total. The van der Waals surface area contributed by atoms with Crippen LogP contribution in [0.3, 0.4) is 0 Å². The van der Waals surface area contributed by atoms with Crippen molar-refractivity contribution in [3.05, 3.63) is 58.1 Å². The van der Waals surface area contributed by atoms with Crippen LogP contribution < -0.4 is 9.80 Å². The van der Waals surface area contributed by atoms with E-state index in [0.29, 0.717) is 16.5 Å². The molecule has 0 atom stereocenters. The molecule has 2 aromatic rings. The first-order valence-electron chi connectivity index (χ1n) is 9.43. The second-order valence-corrected chi connectivity index (χ2v) is 7.86. The molecule has 0 aromatic heterocycles. The van der Waals surface area contributed by atoms with Crippen molar-refractivity contribution in [2.24, 2.45) is 0 Å². The van der Waals surface area contributed by atoms with Gasteiger partial charge >= 0.3 is 0 Å².